The molecule has 90 valence electrons. The normalized spacial score (nSPS) is 10.6. The Morgan fingerprint density at radius 2 is 1.75 bits per heavy atom. The molecular weight excluding hydrogens is 216 g/mol. The summed E-state index contributed by atoms with van der Waals surface area (Å²) in [5.74, 6) is -2.32. The van der Waals surface area contributed by atoms with Crippen molar-refractivity contribution in [3.05, 3.63) is 11.6 Å². The molecule has 6 heteroatoms. The van der Waals surface area contributed by atoms with E-state index in [1.807, 2.05) is 6.92 Å². The molecule has 0 aromatic heterocycles. The van der Waals surface area contributed by atoms with E-state index in [4.69, 9.17) is 0 Å². The lowest BCUT2D eigenvalue weighted by molar-refractivity contribution is -0.257. The Balaban J connectivity index is 3.88. The topological polar surface area (TPSA) is 78.9 Å². The summed E-state index contributed by atoms with van der Waals surface area (Å²) in [5.41, 5.74) is 0.336. The maximum atomic E-state index is 11.1. The van der Waals surface area contributed by atoms with Gasteiger partial charge in [0.15, 0.2) is 6.61 Å². The Bertz CT molecular complexity index is 304. The first-order valence-corrected chi connectivity index (χ1v) is 4.69. The first kappa shape index (κ1) is 14.2. The minimum absolute atomic E-state index is 0.336. The fourth-order valence-electron chi connectivity index (χ4n) is 0.724. The summed E-state index contributed by atoms with van der Waals surface area (Å²) in [4.78, 5) is 40.6. The summed E-state index contributed by atoms with van der Waals surface area (Å²) in [6.45, 7) is 3.95. The van der Waals surface area contributed by atoms with Gasteiger partial charge in [0.1, 0.15) is 0 Å². The predicted octanol–water partition coefficient (Wildman–Crippen LogP) is 0.907. The Kier molecular flexibility index (Phi) is 6.58. The van der Waals surface area contributed by atoms with Crippen molar-refractivity contribution in [3.8, 4) is 0 Å². The first-order chi connectivity index (χ1) is 7.47. The van der Waals surface area contributed by atoms with Crippen LogP contribution in [0.15, 0.2) is 11.6 Å². The minimum atomic E-state index is -0.951. The number of rotatable bonds is 4. The molecule has 0 bridgehead atoms. The van der Waals surface area contributed by atoms with Gasteiger partial charge < -0.3 is 4.74 Å². The molecule has 0 saturated heterocycles. The molecule has 0 rings (SSSR count). The Morgan fingerprint density at radius 1 is 1.12 bits per heavy atom. The van der Waals surface area contributed by atoms with E-state index in [0.717, 1.165) is 6.92 Å². The predicted molar refractivity (Wildman–Crippen MR) is 52.9 cm³/mol. The van der Waals surface area contributed by atoms with Crippen molar-refractivity contribution in [3.63, 3.8) is 0 Å². The molecule has 0 amide bonds. The van der Waals surface area contributed by atoms with Crippen molar-refractivity contribution >= 4 is 17.9 Å². The number of esters is 1. The smallest absolute Gasteiger partial charge is 0.392 e. The quantitative estimate of drug-likeness (QED) is 0.309. The Labute approximate surface area is 93.1 Å². The third-order valence-corrected chi connectivity index (χ3v) is 1.44. The fraction of sp³-hybridized carbons (Fsp3) is 0.500. The zero-order valence-electron chi connectivity index (χ0n) is 9.44. The van der Waals surface area contributed by atoms with E-state index in [-0.39, 0.29) is 0 Å². The van der Waals surface area contributed by atoms with Gasteiger partial charge in [-0.1, -0.05) is 13.0 Å². The summed E-state index contributed by atoms with van der Waals surface area (Å²) in [6.07, 6.45) is 2.30. The third-order valence-electron chi connectivity index (χ3n) is 1.44. The van der Waals surface area contributed by atoms with Gasteiger partial charge in [-0.2, -0.15) is 0 Å². The second-order valence-electron chi connectivity index (χ2n) is 2.90. The van der Waals surface area contributed by atoms with Crippen LogP contribution < -0.4 is 0 Å². The molecule has 0 aliphatic rings. The van der Waals surface area contributed by atoms with Crippen molar-refractivity contribution in [2.24, 2.45) is 0 Å². The van der Waals surface area contributed by atoms with Crippen LogP contribution in [0.2, 0.25) is 0 Å². The second kappa shape index (κ2) is 7.44. The molecule has 6 nitrogen and oxygen atoms in total. The van der Waals surface area contributed by atoms with Crippen molar-refractivity contribution in [1.82, 2.24) is 0 Å². The van der Waals surface area contributed by atoms with E-state index >= 15 is 0 Å². The summed E-state index contributed by atoms with van der Waals surface area (Å²) in [5, 5.41) is 0. The van der Waals surface area contributed by atoms with Gasteiger partial charge in [0.05, 0.1) is 0 Å². The van der Waals surface area contributed by atoms with Crippen LogP contribution in [-0.2, 0) is 28.9 Å². The Morgan fingerprint density at radius 3 is 2.25 bits per heavy atom. The van der Waals surface area contributed by atoms with Crippen LogP contribution >= 0.6 is 0 Å². The maximum absolute atomic E-state index is 11.1. The van der Waals surface area contributed by atoms with E-state index in [2.05, 4.69) is 14.5 Å². The zero-order valence-corrected chi connectivity index (χ0v) is 9.44. The number of allylic oxidation sites excluding steroid dienone is 1. The van der Waals surface area contributed by atoms with Crippen LogP contribution in [0.5, 0.6) is 0 Å². The average Bonchev–Trinajstić information content (AvgIpc) is 2.23. The van der Waals surface area contributed by atoms with Gasteiger partial charge in [-0.15, -0.1) is 0 Å². The molecule has 0 aromatic rings. The van der Waals surface area contributed by atoms with Gasteiger partial charge in [-0.3, -0.25) is 4.79 Å². The molecule has 0 atom stereocenters. The number of ether oxygens (including phenoxy) is 1. The Hall–Kier alpha value is -1.85. The molecule has 0 aromatic carbocycles. The van der Waals surface area contributed by atoms with Crippen LogP contribution in [0.1, 0.15) is 27.2 Å². The highest BCUT2D eigenvalue weighted by Crippen LogP contribution is 1.99. The number of hydrogen-bond donors (Lipinski definition) is 0. The third kappa shape index (κ3) is 6.58. The summed E-state index contributed by atoms with van der Waals surface area (Å²) in [7, 11) is 0. The highest BCUT2D eigenvalue weighted by Gasteiger charge is 2.12. The van der Waals surface area contributed by atoms with Gasteiger partial charge in [0.25, 0.3) is 0 Å². The first-order valence-electron chi connectivity index (χ1n) is 4.69. The standard InChI is InChI=1S/C10H14O6/c1-4-5-7(2)10(13)16-15-9(12)6-14-8(3)11/h5H,4,6H2,1-3H3. The lowest BCUT2D eigenvalue weighted by Crippen LogP contribution is -2.17. The molecule has 0 fully saturated rings. The lowest BCUT2D eigenvalue weighted by atomic mass is 10.2. The maximum Gasteiger partial charge on any atom is 0.392 e. The molecule has 0 radical (unpaired) electrons. The molecule has 0 aliphatic carbocycles. The van der Waals surface area contributed by atoms with E-state index in [1.54, 1.807) is 6.08 Å². The van der Waals surface area contributed by atoms with Crippen molar-refractivity contribution in [1.29, 1.82) is 0 Å². The molecular formula is C10H14O6. The van der Waals surface area contributed by atoms with Crippen LogP contribution in [0.25, 0.3) is 0 Å². The molecule has 0 N–H and O–H groups in total. The average molecular weight is 230 g/mol. The van der Waals surface area contributed by atoms with Crippen LogP contribution in [0.3, 0.4) is 0 Å². The summed E-state index contributed by atoms with van der Waals surface area (Å²) in [6, 6.07) is 0. The minimum Gasteiger partial charge on any atom is -0.454 e. The van der Waals surface area contributed by atoms with Crippen LogP contribution in [-0.4, -0.2) is 24.5 Å². The SMILES string of the molecule is CCC=C(C)C(=O)OOC(=O)COC(C)=O. The van der Waals surface area contributed by atoms with E-state index < -0.39 is 24.5 Å². The molecule has 16 heavy (non-hydrogen) atoms. The molecule has 0 spiro atoms. The van der Waals surface area contributed by atoms with Gasteiger partial charge >= 0.3 is 17.9 Å². The van der Waals surface area contributed by atoms with Crippen LogP contribution in [0, 0.1) is 0 Å². The van der Waals surface area contributed by atoms with Gasteiger partial charge in [0.2, 0.25) is 0 Å². The van der Waals surface area contributed by atoms with Gasteiger partial charge in [0, 0.05) is 12.5 Å². The van der Waals surface area contributed by atoms with Gasteiger partial charge in [-0.05, 0) is 13.3 Å². The van der Waals surface area contributed by atoms with Crippen molar-refractivity contribution in [2.75, 3.05) is 6.61 Å². The fourth-order valence-corrected chi connectivity index (χ4v) is 0.724. The zero-order chi connectivity index (χ0) is 12.6. The largest absolute Gasteiger partial charge is 0.454 e. The second-order valence-corrected chi connectivity index (χ2v) is 2.90. The van der Waals surface area contributed by atoms with E-state index in [9.17, 15) is 14.4 Å². The van der Waals surface area contributed by atoms with Crippen LogP contribution in [0.4, 0.5) is 0 Å². The number of hydrogen-bond acceptors (Lipinski definition) is 6. The summed E-state index contributed by atoms with van der Waals surface area (Å²) < 4.78 is 4.32. The lowest BCUT2D eigenvalue weighted by Gasteiger charge is -2.03. The van der Waals surface area contributed by atoms with E-state index in [1.165, 1.54) is 6.92 Å². The number of carbonyl (C=O) groups excluding carboxylic acids is 3. The summed E-state index contributed by atoms with van der Waals surface area (Å²) >= 11 is 0. The van der Waals surface area contributed by atoms with Crippen molar-refractivity contribution in [2.45, 2.75) is 27.2 Å². The monoisotopic (exact) mass is 230 g/mol. The number of carbonyl (C=O) groups is 3. The van der Waals surface area contributed by atoms with Gasteiger partial charge in [-0.25, -0.2) is 19.4 Å². The van der Waals surface area contributed by atoms with Crippen molar-refractivity contribution < 1.29 is 28.9 Å². The molecule has 0 heterocycles. The highest BCUT2D eigenvalue weighted by atomic mass is 17.2. The molecule has 0 saturated carbocycles. The molecule has 0 unspecified atom stereocenters. The molecule has 0 aliphatic heterocycles. The highest BCUT2D eigenvalue weighted by molar-refractivity contribution is 5.87. The van der Waals surface area contributed by atoms with E-state index in [0.29, 0.717) is 12.0 Å².